The molecular weight excluding hydrogens is 276 g/mol. The number of fused-ring (bicyclic) bond motifs is 1. The fraction of sp³-hybridized carbons (Fsp3) is 1.00. The number of sulfone groups is 1. The maximum atomic E-state index is 11.7. The molecule has 6 heteroatoms. The average molecular weight is 302 g/mol. The monoisotopic (exact) mass is 302 g/mol. The van der Waals surface area contributed by atoms with Crippen LogP contribution < -0.4 is 5.73 Å². The summed E-state index contributed by atoms with van der Waals surface area (Å²) >= 11 is 0. The van der Waals surface area contributed by atoms with Crippen LogP contribution in [0.15, 0.2) is 0 Å². The highest BCUT2D eigenvalue weighted by atomic mass is 32.2. The van der Waals surface area contributed by atoms with Crippen molar-refractivity contribution in [3.63, 3.8) is 0 Å². The lowest BCUT2D eigenvalue weighted by Crippen LogP contribution is -2.78. The van der Waals surface area contributed by atoms with E-state index in [9.17, 15) is 8.42 Å². The Hall–Kier alpha value is -0.170. The van der Waals surface area contributed by atoms with Crippen LogP contribution in [-0.2, 0) is 14.6 Å². The minimum absolute atomic E-state index is 0.0375. The van der Waals surface area contributed by atoms with Crippen molar-refractivity contribution >= 4 is 9.84 Å². The molecule has 0 spiro atoms. The van der Waals surface area contributed by atoms with Crippen LogP contribution in [0.2, 0.25) is 0 Å². The smallest absolute Gasteiger partial charge is 0.153 e. The van der Waals surface area contributed by atoms with E-state index in [1.54, 1.807) is 0 Å². The molecule has 0 aromatic rings. The number of hydrogen-bond acceptors (Lipinski definition) is 5. The van der Waals surface area contributed by atoms with Crippen LogP contribution in [0.5, 0.6) is 0 Å². The van der Waals surface area contributed by atoms with Gasteiger partial charge in [-0.3, -0.25) is 4.90 Å². The average Bonchev–Trinajstić information content (AvgIpc) is 2.80. The first-order valence-corrected chi connectivity index (χ1v) is 9.34. The Morgan fingerprint density at radius 1 is 1.40 bits per heavy atom. The maximum absolute atomic E-state index is 11.7. The van der Waals surface area contributed by atoms with Gasteiger partial charge in [-0.15, -0.1) is 0 Å². The van der Waals surface area contributed by atoms with Crippen molar-refractivity contribution in [2.45, 2.75) is 44.9 Å². The van der Waals surface area contributed by atoms with Gasteiger partial charge < -0.3 is 10.5 Å². The molecule has 0 amide bonds. The van der Waals surface area contributed by atoms with Crippen LogP contribution in [0.4, 0.5) is 0 Å². The molecule has 3 rings (SSSR count). The molecule has 116 valence electrons. The largest absolute Gasteiger partial charge is 0.377 e. The predicted octanol–water partition coefficient (Wildman–Crippen LogP) is 0.248. The lowest BCUT2D eigenvalue weighted by molar-refractivity contribution is -0.164. The zero-order valence-corrected chi connectivity index (χ0v) is 13.4. The minimum atomic E-state index is -2.86. The van der Waals surface area contributed by atoms with Crippen LogP contribution in [0.25, 0.3) is 0 Å². The lowest BCUT2D eigenvalue weighted by Gasteiger charge is -2.64. The Kier molecular flexibility index (Phi) is 3.26. The highest BCUT2D eigenvalue weighted by molar-refractivity contribution is 7.91. The van der Waals surface area contributed by atoms with E-state index in [4.69, 9.17) is 10.5 Å². The van der Waals surface area contributed by atoms with Gasteiger partial charge in [0.1, 0.15) is 0 Å². The van der Waals surface area contributed by atoms with Crippen LogP contribution in [0, 0.1) is 11.3 Å². The van der Waals surface area contributed by atoms with E-state index in [1.807, 2.05) is 6.92 Å². The second-order valence-corrected chi connectivity index (χ2v) is 9.61. The third kappa shape index (κ3) is 1.95. The maximum Gasteiger partial charge on any atom is 0.153 e. The molecule has 0 aromatic carbocycles. The number of nitrogens with zero attached hydrogens (tertiary/aromatic N) is 1. The molecule has 2 N–H and O–H groups in total. The second kappa shape index (κ2) is 4.41. The molecule has 0 bridgehead atoms. The Bertz CT molecular complexity index is 505. The Morgan fingerprint density at radius 3 is 2.75 bits per heavy atom. The summed E-state index contributed by atoms with van der Waals surface area (Å²) in [5.41, 5.74) is 6.46. The molecular formula is C14H26N2O3S. The molecule has 20 heavy (non-hydrogen) atoms. The standard InChI is InChI=1S/C14H26N2O3S/c1-10-8-20(17,18)7-5-16(10)9-14(15)11-4-6-19-12(11)13(14,2)3/h10-12H,4-9,15H2,1-3H3. The van der Waals surface area contributed by atoms with Crippen LogP contribution in [-0.4, -0.2) is 62.2 Å². The van der Waals surface area contributed by atoms with E-state index in [0.717, 1.165) is 19.6 Å². The molecule has 1 aliphatic carbocycles. The van der Waals surface area contributed by atoms with Crippen molar-refractivity contribution in [3.8, 4) is 0 Å². The van der Waals surface area contributed by atoms with Gasteiger partial charge in [0.2, 0.25) is 0 Å². The van der Waals surface area contributed by atoms with E-state index in [-0.39, 0.29) is 34.6 Å². The molecule has 3 fully saturated rings. The summed E-state index contributed by atoms with van der Waals surface area (Å²) in [6.07, 6.45) is 1.31. The van der Waals surface area contributed by atoms with Gasteiger partial charge in [0, 0.05) is 42.6 Å². The van der Waals surface area contributed by atoms with Gasteiger partial charge in [-0.1, -0.05) is 13.8 Å². The number of nitrogens with two attached hydrogens (primary N) is 1. The zero-order chi connectivity index (χ0) is 14.8. The number of rotatable bonds is 2. The van der Waals surface area contributed by atoms with E-state index in [2.05, 4.69) is 18.7 Å². The van der Waals surface area contributed by atoms with E-state index < -0.39 is 9.84 Å². The van der Waals surface area contributed by atoms with Gasteiger partial charge in [0.25, 0.3) is 0 Å². The predicted molar refractivity (Wildman–Crippen MR) is 78.2 cm³/mol. The van der Waals surface area contributed by atoms with Gasteiger partial charge in [-0.25, -0.2) is 8.42 Å². The highest BCUT2D eigenvalue weighted by Crippen LogP contribution is 2.58. The molecule has 2 saturated heterocycles. The van der Waals surface area contributed by atoms with Crippen LogP contribution in [0.3, 0.4) is 0 Å². The van der Waals surface area contributed by atoms with Gasteiger partial charge >= 0.3 is 0 Å². The fourth-order valence-corrected chi connectivity index (χ4v) is 6.03. The van der Waals surface area contributed by atoms with Crippen molar-refractivity contribution in [2.75, 3.05) is 31.2 Å². The molecule has 1 saturated carbocycles. The lowest BCUT2D eigenvalue weighted by atomic mass is 9.48. The van der Waals surface area contributed by atoms with E-state index in [1.165, 1.54) is 0 Å². The number of ether oxygens (including phenoxy) is 1. The Morgan fingerprint density at radius 2 is 2.10 bits per heavy atom. The molecule has 2 aliphatic heterocycles. The topological polar surface area (TPSA) is 72.6 Å². The summed E-state index contributed by atoms with van der Waals surface area (Å²) in [5.74, 6) is 0.940. The van der Waals surface area contributed by atoms with Crippen molar-refractivity contribution in [3.05, 3.63) is 0 Å². The van der Waals surface area contributed by atoms with Crippen molar-refractivity contribution in [1.82, 2.24) is 4.90 Å². The van der Waals surface area contributed by atoms with Crippen LogP contribution >= 0.6 is 0 Å². The molecule has 4 unspecified atom stereocenters. The first-order valence-electron chi connectivity index (χ1n) is 7.52. The second-order valence-electron chi connectivity index (χ2n) is 7.38. The molecule has 4 atom stereocenters. The van der Waals surface area contributed by atoms with Gasteiger partial charge in [-0.2, -0.15) is 0 Å². The first-order chi connectivity index (χ1) is 9.17. The molecule has 2 heterocycles. The van der Waals surface area contributed by atoms with Crippen molar-refractivity contribution < 1.29 is 13.2 Å². The van der Waals surface area contributed by atoms with Crippen molar-refractivity contribution in [2.24, 2.45) is 17.1 Å². The third-order valence-electron chi connectivity index (χ3n) is 5.94. The first kappa shape index (κ1) is 14.8. The fourth-order valence-electron chi connectivity index (χ4n) is 4.40. The molecule has 5 nitrogen and oxygen atoms in total. The Labute approximate surface area is 121 Å². The number of hydrogen-bond donors (Lipinski definition) is 1. The van der Waals surface area contributed by atoms with Gasteiger partial charge in [0.15, 0.2) is 9.84 Å². The zero-order valence-electron chi connectivity index (χ0n) is 12.6. The van der Waals surface area contributed by atoms with Crippen molar-refractivity contribution in [1.29, 1.82) is 0 Å². The third-order valence-corrected chi connectivity index (χ3v) is 7.73. The van der Waals surface area contributed by atoms with Crippen LogP contribution in [0.1, 0.15) is 27.2 Å². The van der Waals surface area contributed by atoms with E-state index >= 15 is 0 Å². The van der Waals surface area contributed by atoms with Gasteiger partial charge in [0.05, 0.1) is 17.6 Å². The Balaban J connectivity index is 1.74. The molecule has 0 radical (unpaired) electrons. The summed E-state index contributed by atoms with van der Waals surface area (Å²) in [6.45, 7) is 8.56. The molecule has 3 aliphatic rings. The highest BCUT2D eigenvalue weighted by Gasteiger charge is 2.67. The molecule has 0 aromatic heterocycles. The van der Waals surface area contributed by atoms with E-state index in [0.29, 0.717) is 12.5 Å². The van der Waals surface area contributed by atoms with Gasteiger partial charge in [-0.05, 0) is 13.3 Å². The SMILES string of the molecule is CC1CS(=O)(=O)CCN1CC1(N)C2CCOC2C1(C)C. The quantitative estimate of drug-likeness (QED) is 0.791. The summed E-state index contributed by atoms with van der Waals surface area (Å²) in [6, 6.07) is 0.0614. The summed E-state index contributed by atoms with van der Waals surface area (Å²) in [5, 5.41) is 0. The minimum Gasteiger partial charge on any atom is -0.377 e. The summed E-state index contributed by atoms with van der Waals surface area (Å²) < 4.78 is 29.2. The summed E-state index contributed by atoms with van der Waals surface area (Å²) in [7, 11) is -2.86. The normalized spacial score (nSPS) is 46.7. The summed E-state index contributed by atoms with van der Waals surface area (Å²) in [4.78, 5) is 2.26.